The van der Waals surface area contributed by atoms with Gasteiger partial charge in [-0.2, -0.15) is 0 Å². The topological polar surface area (TPSA) is 66.2 Å². The van der Waals surface area contributed by atoms with E-state index < -0.39 is 5.97 Å². The van der Waals surface area contributed by atoms with Gasteiger partial charge in [-0.1, -0.05) is 0 Å². The van der Waals surface area contributed by atoms with Crippen LogP contribution in [0.2, 0.25) is 0 Å². The van der Waals surface area contributed by atoms with Crippen molar-refractivity contribution in [3.63, 3.8) is 0 Å². The van der Waals surface area contributed by atoms with Crippen LogP contribution in [-0.2, 0) is 14.7 Å². The van der Waals surface area contributed by atoms with Gasteiger partial charge in [0.25, 0.3) is 0 Å². The highest BCUT2D eigenvalue weighted by Crippen LogP contribution is 2.28. The van der Waals surface area contributed by atoms with E-state index in [9.17, 15) is 9.90 Å². The number of carbonyl (C=O) groups is 1. The zero-order valence-electron chi connectivity index (χ0n) is 5.86. The maximum Gasteiger partial charge on any atom is 0.199 e. The molecule has 0 aromatic heterocycles. The van der Waals surface area contributed by atoms with Crippen molar-refractivity contribution >= 4 is 26.7 Å². The molecule has 0 amide bonds. The lowest BCUT2D eigenvalue weighted by molar-refractivity contribution is -0.305. The van der Waals surface area contributed by atoms with E-state index in [0.29, 0.717) is 5.75 Å². The van der Waals surface area contributed by atoms with Crippen molar-refractivity contribution in [2.24, 2.45) is 5.73 Å². The van der Waals surface area contributed by atoms with Crippen LogP contribution in [0.5, 0.6) is 0 Å². The molecule has 11 heavy (non-hydrogen) atoms. The Bertz CT molecular complexity index is 183. The number of carboxylic acid groups (broad SMARTS) is 1. The van der Waals surface area contributed by atoms with E-state index in [-0.39, 0.29) is 21.7 Å². The molecule has 1 aliphatic rings. The number of carboxylic acids is 1. The Hall–Kier alpha value is -0.130. The van der Waals surface area contributed by atoms with Gasteiger partial charge in [0.05, 0.1) is 9.93 Å². The van der Waals surface area contributed by atoms with E-state index in [4.69, 9.17) is 5.73 Å². The van der Waals surface area contributed by atoms with Crippen molar-refractivity contribution in [2.45, 2.75) is 11.8 Å². The minimum Gasteiger partial charge on any atom is -0.550 e. The summed E-state index contributed by atoms with van der Waals surface area (Å²) in [6, 6.07) is 0. The molecule has 1 rings (SSSR count). The van der Waals surface area contributed by atoms with E-state index in [2.05, 4.69) is 0 Å². The standard InChI is InChI=1S/C6H9NO2S2/c7-5-1-3-10-11(5)4-2-6(8)9/h1,3,5H,2,4,7H2. The summed E-state index contributed by atoms with van der Waals surface area (Å²) in [5.74, 6) is -0.363. The number of carbonyl (C=O) groups excluding carboxylic acids is 1. The Morgan fingerprint density at radius 1 is 1.82 bits per heavy atom. The van der Waals surface area contributed by atoms with Crippen molar-refractivity contribution in [3.05, 3.63) is 11.5 Å². The van der Waals surface area contributed by atoms with Crippen molar-refractivity contribution in [2.75, 3.05) is 5.75 Å². The molecule has 0 aromatic rings. The molecule has 5 heteroatoms. The third-order valence-corrected chi connectivity index (χ3v) is 5.39. The van der Waals surface area contributed by atoms with Crippen LogP contribution in [0.25, 0.3) is 0 Å². The smallest absolute Gasteiger partial charge is 0.199 e. The van der Waals surface area contributed by atoms with Gasteiger partial charge in [0, 0.05) is 17.8 Å². The normalized spacial score (nSPS) is 29.2. The Kier molecular flexibility index (Phi) is 3.29. The number of aliphatic carboxylic acids is 1. The Balaban J connectivity index is 2.23. The van der Waals surface area contributed by atoms with Gasteiger partial charge in [0.2, 0.25) is 0 Å². The van der Waals surface area contributed by atoms with Gasteiger partial charge in [-0.3, -0.25) is 5.73 Å². The molecule has 2 atom stereocenters. The molecule has 0 aliphatic carbocycles. The van der Waals surface area contributed by atoms with Gasteiger partial charge in [-0.05, 0) is 6.08 Å². The summed E-state index contributed by atoms with van der Waals surface area (Å²) >= 11 is 0. The molecule has 0 saturated carbocycles. The summed E-state index contributed by atoms with van der Waals surface area (Å²) < 4.78 is 0. The second kappa shape index (κ2) is 4.04. The van der Waals surface area contributed by atoms with Crippen molar-refractivity contribution in [1.82, 2.24) is 0 Å². The minimum atomic E-state index is -0.989. The lowest BCUT2D eigenvalue weighted by Crippen LogP contribution is -2.29. The fourth-order valence-electron chi connectivity index (χ4n) is 0.701. The van der Waals surface area contributed by atoms with E-state index in [1.54, 1.807) is 10.8 Å². The van der Waals surface area contributed by atoms with Crippen molar-refractivity contribution in [3.8, 4) is 0 Å². The summed E-state index contributed by atoms with van der Waals surface area (Å²) in [6.07, 6.45) is 2.02. The molecule has 1 heterocycles. The highest BCUT2D eigenvalue weighted by atomic mass is 33.1. The third-order valence-electron chi connectivity index (χ3n) is 1.26. The first kappa shape index (κ1) is 8.96. The maximum atomic E-state index is 10.1. The number of hydrogen-bond acceptors (Lipinski definition) is 4. The second-order valence-electron chi connectivity index (χ2n) is 2.10. The molecule has 0 saturated heterocycles. The quantitative estimate of drug-likeness (QED) is 0.469. The average molecular weight is 191 g/mol. The lowest BCUT2D eigenvalue weighted by atomic mass is 10.5. The van der Waals surface area contributed by atoms with Crippen LogP contribution in [0.3, 0.4) is 0 Å². The van der Waals surface area contributed by atoms with Crippen LogP contribution < -0.4 is 10.8 Å². The van der Waals surface area contributed by atoms with Crippen molar-refractivity contribution in [1.29, 1.82) is 0 Å². The fourth-order valence-corrected chi connectivity index (χ4v) is 4.03. The Morgan fingerprint density at radius 3 is 3.00 bits per heavy atom. The first-order valence-corrected chi connectivity index (χ1v) is 6.04. The van der Waals surface area contributed by atoms with E-state index >= 15 is 0 Å². The van der Waals surface area contributed by atoms with Gasteiger partial charge in [0.15, 0.2) is 5.37 Å². The van der Waals surface area contributed by atoms with Crippen LogP contribution in [0.4, 0.5) is 0 Å². The summed E-state index contributed by atoms with van der Waals surface area (Å²) in [4.78, 5) is 10.1. The van der Waals surface area contributed by atoms with Gasteiger partial charge in [-0.25, -0.2) is 0 Å². The van der Waals surface area contributed by atoms with Crippen molar-refractivity contribution < 1.29 is 9.90 Å². The van der Waals surface area contributed by atoms with Gasteiger partial charge < -0.3 is 9.90 Å². The van der Waals surface area contributed by atoms with Crippen LogP contribution >= 0.6 is 10.8 Å². The molecule has 0 radical (unpaired) electrons. The summed E-state index contributed by atoms with van der Waals surface area (Å²) in [6.45, 7) is 0. The molecule has 0 spiro atoms. The highest BCUT2D eigenvalue weighted by molar-refractivity contribution is 8.76. The molecule has 1 aliphatic heterocycles. The maximum absolute atomic E-state index is 10.1. The number of nitrogens with two attached hydrogens (primary N) is 1. The molecule has 0 aromatic carbocycles. The minimum absolute atomic E-state index is 0.0301. The third kappa shape index (κ3) is 2.76. The molecule has 2 unspecified atom stereocenters. The Labute approximate surface area is 71.8 Å². The van der Waals surface area contributed by atoms with Crippen LogP contribution in [0.15, 0.2) is 11.5 Å². The second-order valence-corrected chi connectivity index (χ2v) is 6.14. The van der Waals surface area contributed by atoms with E-state index in [1.807, 2.05) is 11.5 Å². The molecular formula is C6H9NO2S2. The molecule has 3 nitrogen and oxygen atoms in total. The van der Waals surface area contributed by atoms with E-state index in [0.717, 1.165) is 0 Å². The van der Waals surface area contributed by atoms with Crippen LogP contribution in [0, 0.1) is 0 Å². The average Bonchev–Trinajstić information content (AvgIpc) is 2.31. The summed E-state index contributed by atoms with van der Waals surface area (Å²) in [5.41, 5.74) is 5.66. The van der Waals surface area contributed by atoms with Gasteiger partial charge in [-0.15, -0.1) is 0 Å². The zero-order valence-corrected chi connectivity index (χ0v) is 7.49. The monoisotopic (exact) mass is 191 g/mol. The number of rotatable bonds is 3. The van der Waals surface area contributed by atoms with Gasteiger partial charge in [0.1, 0.15) is 16.5 Å². The Morgan fingerprint density at radius 2 is 2.55 bits per heavy atom. The first-order chi connectivity index (χ1) is 5.20. The molecule has 62 valence electrons. The predicted molar refractivity (Wildman–Crippen MR) is 46.6 cm³/mol. The first-order valence-electron chi connectivity index (χ1n) is 3.19. The fraction of sp³-hybridized carbons (Fsp3) is 0.500. The molecule has 0 bridgehead atoms. The predicted octanol–water partition coefficient (Wildman–Crippen LogP) is -0.795. The van der Waals surface area contributed by atoms with Gasteiger partial charge >= 0.3 is 0 Å². The van der Waals surface area contributed by atoms with Crippen LogP contribution in [0.1, 0.15) is 6.42 Å². The van der Waals surface area contributed by atoms with E-state index in [1.165, 1.54) is 0 Å². The molecule has 0 fully saturated rings. The summed E-state index contributed by atoms with van der Waals surface area (Å²) in [7, 11) is 1.59. The largest absolute Gasteiger partial charge is 0.550 e. The summed E-state index contributed by atoms with van der Waals surface area (Å²) in [5, 5.41) is 12.1. The van der Waals surface area contributed by atoms with Crippen LogP contribution in [-0.4, -0.2) is 17.1 Å². The number of hydrogen-bond donors (Lipinski definition) is 1. The SMILES string of the molecule is NC1C=CS[S+]1CCC(=O)[O-]. The highest BCUT2D eigenvalue weighted by Gasteiger charge is 2.30. The lowest BCUT2D eigenvalue weighted by Gasteiger charge is -2.03. The zero-order chi connectivity index (χ0) is 8.27. The molecule has 2 N–H and O–H groups in total. The molecular weight excluding hydrogens is 182 g/mol.